The van der Waals surface area contributed by atoms with Gasteiger partial charge in [0.05, 0.1) is 0 Å². The van der Waals surface area contributed by atoms with Crippen molar-refractivity contribution in [1.29, 1.82) is 0 Å². The molecule has 2 heteroatoms. The molecule has 1 aliphatic carbocycles. The second-order valence-electron chi connectivity index (χ2n) is 10.0. The number of aryl methyl sites for hydroxylation is 2. The quantitative estimate of drug-likeness (QED) is 0.416. The second kappa shape index (κ2) is 8.11. The van der Waals surface area contributed by atoms with Gasteiger partial charge in [-0.3, -0.25) is 0 Å². The summed E-state index contributed by atoms with van der Waals surface area (Å²) in [6.07, 6.45) is 9.49. The van der Waals surface area contributed by atoms with Gasteiger partial charge in [-0.2, -0.15) is 0 Å². The van der Waals surface area contributed by atoms with Crippen molar-refractivity contribution < 1.29 is 4.57 Å². The van der Waals surface area contributed by atoms with Gasteiger partial charge >= 0.3 is 170 Å². The molecule has 0 bridgehead atoms. The number of hydrogen-bond donors (Lipinski definition) is 0. The topological polar surface area (TPSA) is 3.88 Å². The molecule has 0 saturated heterocycles. The van der Waals surface area contributed by atoms with Crippen LogP contribution in [-0.2, 0) is 13.5 Å². The van der Waals surface area contributed by atoms with Gasteiger partial charge in [-0.05, 0) is 0 Å². The van der Waals surface area contributed by atoms with E-state index in [1.807, 2.05) is 0 Å². The van der Waals surface area contributed by atoms with Crippen molar-refractivity contribution in [2.75, 3.05) is 0 Å². The van der Waals surface area contributed by atoms with Crippen LogP contribution in [0.5, 0.6) is 0 Å². The Kier molecular flexibility index (Phi) is 6.20. The van der Waals surface area contributed by atoms with Crippen molar-refractivity contribution in [3.8, 4) is 11.3 Å². The van der Waals surface area contributed by atoms with Crippen molar-refractivity contribution in [2.24, 2.45) is 13.0 Å². The minimum absolute atomic E-state index is 0.566. The molecule has 1 aromatic heterocycles. The van der Waals surface area contributed by atoms with Crippen LogP contribution in [-0.4, -0.2) is 13.3 Å². The fourth-order valence-electron chi connectivity index (χ4n) is 4.60. The van der Waals surface area contributed by atoms with Crippen molar-refractivity contribution in [2.45, 2.75) is 76.1 Å². The third-order valence-electron chi connectivity index (χ3n) is 6.36. The zero-order chi connectivity index (χ0) is 19.8. The minimum atomic E-state index is -1.91. The van der Waals surface area contributed by atoms with Crippen molar-refractivity contribution in [3.05, 3.63) is 47.2 Å². The molecule has 0 radical (unpaired) electrons. The summed E-state index contributed by atoms with van der Waals surface area (Å²) in [6, 6.07) is 9.57. The van der Waals surface area contributed by atoms with E-state index in [0.717, 1.165) is 5.92 Å². The van der Waals surface area contributed by atoms with Gasteiger partial charge in [-0.15, -0.1) is 0 Å². The number of benzene rings is 1. The molecule has 3 rings (SSSR count). The number of pyridine rings is 1. The molecule has 1 aliphatic rings. The van der Waals surface area contributed by atoms with Gasteiger partial charge < -0.3 is 0 Å². The van der Waals surface area contributed by atoms with E-state index in [4.69, 9.17) is 0 Å². The number of nitrogens with zero attached hydrogens (tertiary/aromatic N) is 1. The third-order valence-corrected chi connectivity index (χ3v) is 10.7. The first-order chi connectivity index (χ1) is 12.7. The van der Waals surface area contributed by atoms with E-state index in [2.05, 4.69) is 80.1 Å². The molecule has 1 aromatic carbocycles. The van der Waals surface area contributed by atoms with Gasteiger partial charge in [-0.25, -0.2) is 0 Å². The van der Waals surface area contributed by atoms with Crippen LogP contribution in [0.4, 0.5) is 0 Å². The molecule has 0 unspecified atom stereocenters. The molecule has 1 heterocycles. The van der Waals surface area contributed by atoms with E-state index >= 15 is 0 Å². The predicted octanol–water partition coefficient (Wildman–Crippen LogP) is 5.89. The summed E-state index contributed by atoms with van der Waals surface area (Å²) < 4.78 is 4.10. The van der Waals surface area contributed by atoms with Crippen molar-refractivity contribution >= 4 is 17.7 Å². The van der Waals surface area contributed by atoms with E-state index in [1.165, 1.54) is 54.5 Å². The zero-order valence-corrected chi connectivity index (χ0v) is 20.6. The van der Waals surface area contributed by atoms with Crippen LogP contribution in [0.1, 0.15) is 62.1 Å². The molecule has 2 aromatic rings. The average Bonchev–Trinajstić information content (AvgIpc) is 3.08. The molecule has 0 N–H and O–H groups in total. The number of hydrogen-bond acceptors (Lipinski definition) is 0. The summed E-state index contributed by atoms with van der Waals surface area (Å²) in [6.45, 7) is 6.83. The van der Waals surface area contributed by atoms with Gasteiger partial charge in [-0.1, -0.05) is 0 Å². The van der Waals surface area contributed by atoms with Gasteiger partial charge in [0.1, 0.15) is 0 Å². The molecule has 1 fully saturated rings. The molecule has 146 valence electrons. The molecule has 0 amide bonds. The normalized spacial score (nSPS) is 15.7. The molecule has 1 saturated carbocycles. The maximum absolute atomic E-state index is 2.55. The predicted molar refractivity (Wildman–Crippen MR) is 121 cm³/mol. The summed E-state index contributed by atoms with van der Waals surface area (Å²) in [5.74, 6) is 9.08. The van der Waals surface area contributed by atoms with Gasteiger partial charge in [0, 0.05) is 0 Å². The number of rotatable bonds is 5. The number of aromatic nitrogens is 1. The van der Waals surface area contributed by atoms with Gasteiger partial charge in [0.25, 0.3) is 0 Å². The monoisotopic (exact) mass is 426 g/mol. The van der Waals surface area contributed by atoms with Crippen LogP contribution < -0.4 is 8.96 Å². The Morgan fingerprint density at radius 3 is 2.33 bits per heavy atom. The van der Waals surface area contributed by atoms with E-state index in [-0.39, 0.29) is 0 Å². The van der Waals surface area contributed by atoms with E-state index in [0.29, 0.717) is 5.92 Å². The van der Waals surface area contributed by atoms with Crippen LogP contribution in [0.25, 0.3) is 11.3 Å². The fraction of sp³-hybridized carbons (Fsp3) is 0.560. The molecule has 1 nitrogen and oxygen atoms in total. The SMILES string of the molecule is Cc1ccc(C(C)C)cc1-c1cc(CC2CCCC2)[c]([Ge]([CH3])([CH3])[CH3])c[n+]1C. The first-order valence-corrected chi connectivity index (χ1v) is 18.1. The summed E-state index contributed by atoms with van der Waals surface area (Å²) >= 11 is -1.91. The maximum atomic E-state index is 2.55. The van der Waals surface area contributed by atoms with Crippen LogP contribution in [0.3, 0.4) is 0 Å². The van der Waals surface area contributed by atoms with E-state index in [1.54, 1.807) is 9.96 Å². The van der Waals surface area contributed by atoms with Crippen LogP contribution >= 0.6 is 0 Å². The summed E-state index contributed by atoms with van der Waals surface area (Å²) in [5, 5.41) is 0. The third kappa shape index (κ3) is 4.67. The van der Waals surface area contributed by atoms with Crippen LogP contribution in [0.2, 0.25) is 17.3 Å². The summed E-state index contributed by atoms with van der Waals surface area (Å²) in [4.78, 5) is 0. The van der Waals surface area contributed by atoms with Crippen LogP contribution in [0, 0.1) is 12.8 Å². The Morgan fingerprint density at radius 1 is 1.07 bits per heavy atom. The Hall–Kier alpha value is -1.09. The standard InChI is InChI=1S/C25H38GeN/c1-18(2)21-13-12-19(3)23(15-21)25-16-22(14-20-10-8-9-11-20)24(17-27(25)7)26(4,5)6/h12-13,15-18,20H,8-11,14H2,1-7H3/q+1. The van der Waals surface area contributed by atoms with E-state index < -0.39 is 13.3 Å². The van der Waals surface area contributed by atoms with Crippen molar-refractivity contribution in [3.63, 3.8) is 0 Å². The molecule has 0 spiro atoms. The summed E-state index contributed by atoms with van der Waals surface area (Å²) in [7, 11) is 2.24. The van der Waals surface area contributed by atoms with Crippen molar-refractivity contribution in [1.82, 2.24) is 0 Å². The van der Waals surface area contributed by atoms with Gasteiger partial charge in [0.2, 0.25) is 0 Å². The van der Waals surface area contributed by atoms with Gasteiger partial charge in [0.15, 0.2) is 0 Å². The first-order valence-electron chi connectivity index (χ1n) is 10.8. The average molecular weight is 425 g/mol. The Balaban J connectivity index is 2.12. The molecule has 0 atom stereocenters. The van der Waals surface area contributed by atoms with Crippen LogP contribution in [0.15, 0.2) is 30.5 Å². The molecular weight excluding hydrogens is 387 g/mol. The fourth-order valence-corrected chi connectivity index (χ4v) is 8.21. The molecule has 27 heavy (non-hydrogen) atoms. The molecular formula is C25H38GeN+. The Labute approximate surface area is 169 Å². The van der Waals surface area contributed by atoms with E-state index in [9.17, 15) is 0 Å². The summed E-state index contributed by atoms with van der Waals surface area (Å²) in [5.41, 5.74) is 7.26. The Bertz CT molecular complexity index is 808. The first kappa shape index (κ1) is 20.6. The second-order valence-corrected chi connectivity index (χ2v) is 20.6. The Morgan fingerprint density at radius 2 is 1.74 bits per heavy atom. The molecule has 0 aliphatic heterocycles. The zero-order valence-electron chi connectivity index (χ0n) is 18.5.